The summed E-state index contributed by atoms with van der Waals surface area (Å²) in [7, 11) is 0. The number of hydrogen-bond acceptors (Lipinski definition) is 2. The van der Waals surface area contributed by atoms with Crippen LogP contribution in [0.15, 0.2) is 4.99 Å². The fraction of sp³-hybridized carbons (Fsp3) is 0.846. The Bertz CT molecular complexity index is 278. The summed E-state index contributed by atoms with van der Waals surface area (Å²) >= 11 is 0. The van der Waals surface area contributed by atoms with Crippen molar-refractivity contribution < 1.29 is 4.79 Å². The van der Waals surface area contributed by atoms with Crippen LogP contribution in [0.1, 0.15) is 46.0 Å². The van der Waals surface area contributed by atoms with Gasteiger partial charge in [0.05, 0.1) is 0 Å². The molecule has 1 rings (SSSR count). The topological polar surface area (TPSA) is 65.5 Å². The fourth-order valence-electron chi connectivity index (χ4n) is 2.16. The summed E-state index contributed by atoms with van der Waals surface area (Å²) in [5.41, 5.74) is 0. The molecule has 0 radical (unpaired) electrons. The van der Waals surface area contributed by atoms with Gasteiger partial charge in [-0.3, -0.25) is 4.79 Å². The van der Waals surface area contributed by atoms with E-state index in [1.54, 1.807) is 0 Å². The zero-order chi connectivity index (χ0) is 13.2. The molecule has 1 aliphatic rings. The van der Waals surface area contributed by atoms with Crippen molar-refractivity contribution in [2.24, 2.45) is 4.99 Å². The Balaban J connectivity index is 0.00000324. The van der Waals surface area contributed by atoms with E-state index in [1.165, 1.54) is 32.1 Å². The molecule has 112 valence electrons. The van der Waals surface area contributed by atoms with Gasteiger partial charge in [0.25, 0.3) is 0 Å². The molecule has 1 saturated carbocycles. The van der Waals surface area contributed by atoms with Gasteiger partial charge in [-0.1, -0.05) is 19.3 Å². The first-order valence-corrected chi connectivity index (χ1v) is 7.07. The molecule has 0 atom stereocenters. The van der Waals surface area contributed by atoms with Gasteiger partial charge in [-0.15, -0.1) is 24.0 Å². The van der Waals surface area contributed by atoms with Crippen LogP contribution in [0.3, 0.4) is 0 Å². The van der Waals surface area contributed by atoms with Gasteiger partial charge in [-0.2, -0.15) is 0 Å². The molecule has 3 N–H and O–H groups in total. The number of nitrogens with one attached hydrogen (secondary N) is 3. The third-order valence-electron chi connectivity index (χ3n) is 3.04. The first-order chi connectivity index (χ1) is 8.76. The van der Waals surface area contributed by atoms with E-state index in [0.717, 1.165) is 12.5 Å². The summed E-state index contributed by atoms with van der Waals surface area (Å²) in [5, 5.41) is 9.34. The zero-order valence-corrected chi connectivity index (χ0v) is 14.3. The van der Waals surface area contributed by atoms with Crippen LogP contribution in [0, 0.1) is 0 Å². The van der Waals surface area contributed by atoms with E-state index in [2.05, 4.69) is 20.9 Å². The highest BCUT2D eigenvalue weighted by Crippen LogP contribution is 2.17. The quantitative estimate of drug-likeness (QED) is 0.385. The molecule has 0 heterocycles. The Morgan fingerprint density at radius 1 is 1.11 bits per heavy atom. The highest BCUT2D eigenvalue weighted by atomic mass is 127. The monoisotopic (exact) mass is 382 g/mol. The van der Waals surface area contributed by atoms with Crippen molar-refractivity contribution in [1.29, 1.82) is 0 Å². The molecule has 0 spiro atoms. The first-order valence-electron chi connectivity index (χ1n) is 7.07. The Hall–Kier alpha value is -0.530. The molecule has 5 nitrogen and oxygen atoms in total. The van der Waals surface area contributed by atoms with E-state index in [9.17, 15) is 4.79 Å². The number of rotatable bonds is 5. The summed E-state index contributed by atoms with van der Waals surface area (Å²) in [6.45, 7) is 5.60. The summed E-state index contributed by atoms with van der Waals surface area (Å²) in [6, 6.07) is 0.505. The SMILES string of the molecule is CCNC(=O)CN=C(NCC)NC1CCCCC1.I. The van der Waals surface area contributed by atoms with Crippen molar-refractivity contribution in [1.82, 2.24) is 16.0 Å². The lowest BCUT2D eigenvalue weighted by Gasteiger charge is -2.24. The Kier molecular flexibility index (Phi) is 11.0. The maximum Gasteiger partial charge on any atom is 0.241 e. The second-order valence-corrected chi connectivity index (χ2v) is 4.63. The third-order valence-corrected chi connectivity index (χ3v) is 3.04. The average Bonchev–Trinajstić information content (AvgIpc) is 2.38. The van der Waals surface area contributed by atoms with Crippen LogP contribution >= 0.6 is 24.0 Å². The predicted octanol–water partition coefficient (Wildman–Crippen LogP) is 1.63. The number of halogens is 1. The maximum atomic E-state index is 11.4. The van der Waals surface area contributed by atoms with E-state index >= 15 is 0 Å². The molecule has 0 saturated heterocycles. The normalized spacial score (nSPS) is 16.4. The van der Waals surface area contributed by atoms with E-state index in [4.69, 9.17) is 0 Å². The van der Waals surface area contributed by atoms with Gasteiger partial charge in [0.2, 0.25) is 5.91 Å². The van der Waals surface area contributed by atoms with Gasteiger partial charge in [-0.05, 0) is 26.7 Å². The van der Waals surface area contributed by atoms with Gasteiger partial charge in [0.1, 0.15) is 6.54 Å². The van der Waals surface area contributed by atoms with Gasteiger partial charge in [0.15, 0.2) is 5.96 Å². The molecule has 0 bridgehead atoms. The average molecular weight is 382 g/mol. The molecule has 0 aromatic heterocycles. The van der Waals surface area contributed by atoms with Crippen molar-refractivity contribution in [3.63, 3.8) is 0 Å². The minimum Gasteiger partial charge on any atom is -0.357 e. The van der Waals surface area contributed by atoms with Crippen LogP contribution in [0.4, 0.5) is 0 Å². The van der Waals surface area contributed by atoms with Crippen LogP contribution in [0.2, 0.25) is 0 Å². The number of aliphatic imine (C=N–C) groups is 1. The lowest BCUT2D eigenvalue weighted by Crippen LogP contribution is -2.44. The Morgan fingerprint density at radius 3 is 2.32 bits per heavy atom. The second kappa shape index (κ2) is 11.3. The molecular formula is C13H27IN4O. The maximum absolute atomic E-state index is 11.4. The minimum atomic E-state index is -0.0293. The Morgan fingerprint density at radius 2 is 1.74 bits per heavy atom. The minimum absolute atomic E-state index is 0. The molecule has 1 amide bonds. The van der Waals surface area contributed by atoms with Crippen molar-refractivity contribution in [2.45, 2.75) is 52.0 Å². The van der Waals surface area contributed by atoms with Crippen molar-refractivity contribution in [3.05, 3.63) is 0 Å². The molecule has 0 aromatic carbocycles. The van der Waals surface area contributed by atoms with E-state index in [1.807, 2.05) is 13.8 Å². The van der Waals surface area contributed by atoms with Gasteiger partial charge in [0, 0.05) is 19.1 Å². The van der Waals surface area contributed by atoms with Crippen molar-refractivity contribution in [2.75, 3.05) is 19.6 Å². The standard InChI is InChI=1S/C13H26N4O.HI/c1-3-14-12(18)10-16-13(15-4-2)17-11-8-6-5-7-9-11;/h11H,3-10H2,1-2H3,(H,14,18)(H2,15,16,17);1H. The van der Waals surface area contributed by atoms with E-state index < -0.39 is 0 Å². The molecule has 1 aliphatic carbocycles. The smallest absolute Gasteiger partial charge is 0.241 e. The number of guanidine groups is 1. The summed E-state index contributed by atoms with van der Waals surface area (Å²) < 4.78 is 0. The largest absolute Gasteiger partial charge is 0.357 e. The second-order valence-electron chi connectivity index (χ2n) is 4.63. The summed E-state index contributed by atoms with van der Waals surface area (Å²) in [6.07, 6.45) is 6.31. The Labute approximate surface area is 133 Å². The molecule has 6 heteroatoms. The molecule has 19 heavy (non-hydrogen) atoms. The number of amides is 1. The predicted molar refractivity (Wildman–Crippen MR) is 90.1 cm³/mol. The van der Waals surface area contributed by atoms with Gasteiger partial charge < -0.3 is 16.0 Å². The van der Waals surface area contributed by atoms with Crippen LogP contribution in [-0.2, 0) is 4.79 Å². The molecule has 0 aromatic rings. The number of likely N-dealkylation sites (N-methyl/N-ethyl adjacent to an activating group) is 1. The first kappa shape index (κ1) is 18.5. The van der Waals surface area contributed by atoms with Crippen LogP contribution < -0.4 is 16.0 Å². The fourth-order valence-corrected chi connectivity index (χ4v) is 2.16. The summed E-state index contributed by atoms with van der Waals surface area (Å²) in [5.74, 6) is 0.731. The highest BCUT2D eigenvalue weighted by molar-refractivity contribution is 14.0. The zero-order valence-electron chi connectivity index (χ0n) is 12.0. The van der Waals surface area contributed by atoms with Gasteiger partial charge in [-0.25, -0.2) is 4.99 Å². The van der Waals surface area contributed by atoms with Crippen molar-refractivity contribution >= 4 is 35.8 Å². The third kappa shape index (κ3) is 8.28. The lowest BCUT2D eigenvalue weighted by molar-refractivity contribution is -0.119. The van der Waals surface area contributed by atoms with Crippen molar-refractivity contribution in [3.8, 4) is 0 Å². The molecule has 1 fully saturated rings. The number of nitrogens with zero attached hydrogens (tertiary/aromatic N) is 1. The molecule has 0 aliphatic heterocycles. The molecular weight excluding hydrogens is 355 g/mol. The lowest BCUT2D eigenvalue weighted by atomic mass is 9.96. The van der Waals surface area contributed by atoms with Crippen LogP contribution in [0.25, 0.3) is 0 Å². The summed E-state index contributed by atoms with van der Waals surface area (Å²) in [4.78, 5) is 15.7. The number of carbonyl (C=O) groups is 1. The highest BCUT2D eigenvalue weighted by Gasteiger charge is 2.14. The van der Waals surface area contributed by atoms with Crippen LogP contribution in [-0.4, -0.2) is 37.5 Å². The van der Waals surface area contributed by atoms with E-state index in [0.29, 0.717) is 12.6 Å². The number of carbonyl (C=O) groups excluding carboxylic acids is 1. The van der Waals surface area contributed by atoms with E-state index in [-0.39, 0.29) is 36.4 Å². The molecule has 0 unspecified atom stereocenters. The number of hydrogen-bond donors (Lipinski definition) is 3. The van der Waals surface area contributed by atoms with Gasteiger partial charge >= 0.3 is 0 Å². The van der Waals surface area contributed by atoms with Crippen LogP contribution in [0.5, 0.6) is 0 Å².